The van der Waals surface area contributed by atoms with Gasteiger partial charge < -0.3 is 25.8 Å². The number of nitrogens with zero attached hydrogens (tertiary/aromatic N) is 3. The molecule has 3 N–H and O–H groups in total. The second kappa shape index (κ2) is 13.2. The monoisotopic (exact) mass is 552 g/mol. The number of halogens is 1. The Morgan fingerprint density at radius 2 is 1.60 bits per heavy atom. The minimum Gasteiger partial charge on any atom is -0.347 e. The van der Waals surface area contributed by atoms with Gasteiger partial charge in [0.1, 0.15) is 5.82 Å². The molecular weight excluding hydrogens is 511 g/mol. The van der Waals surface area contributed by atoms with E-state index in [1.165, 1.54) is 25.0 Å². The number of urea groups is 1. The molecule has 2 saturated heterocycles. The molecule has 4 rings (SSSR count). The summed E-state index contributed by atoms with van der Waals surface area (Å²) in [5.74, 6) is -0.980. The Morgan fingerprint density at radius 1 is 0.875 bits per heavy atom. The van der Waals surface area contributed by atoms with Crippen LogP contribution in [0.4, 0.5) is 14.9 Å². The molecule has 2 aliphatic heterocycles. The number of hydrogen-bond donors (Lipinski definition) is 3. The average molecular weight is 553 g/mol. The van der Waals surface area contributed by atoms with Crippen molar-refractivity contribution in [2.24, 2.45) is 0 Å². The van der Waals surface area contributed by atoms with Gasteiger partial charge in [-0.15, -0.1) is 0 Å². The van der Waals surface area contributed by atoms with E-state index in [9.17, 15) is 18.8 Å². The van der Waals surface area contributed by atoms with Gasteiger partial charge in [0.05, 0.1) is 5.69 Å². The van der Waals surface area contributed by atoms with E-state index in [1.54, 1.807) is 11.0 Å². The first-order valence-corrected chi connectivity index (χ1v) is 14.1. The number of carbonyl (C=O) groups is 3. The fourth-order valence-corrected chi connectivity index (χ4v) is 5.02. The zero-order valence-electron chi connectivity index (χ0n) is 23.8. The molecule has 0 radical (unpaired) electrons. The zero-order chi connectivity index (χ0) is 28.7. The predicted octanol–water partition coefficient (Wildman–Crippen LogP) is 3.53. The van der Waals surface area contributed by atoms with Crippen LogP contribution < -0.4 is 16.0 Å². The van der Waals surface area contributed by atoms with Crippen molar-refractivity contribution in [3.05, 3.63) is 65.0 Å². The Hall–Kier alpha value is -3.50. The molecule has 40 heavy (non-hydrogen) atoms. The number of likely N-dealkylation sites (tertiary alicyclic amines) is 1. The third kappa shape index (κ3) is 8.50. The Labute approximate surface area is 236 Å². The molecular formula is C30H41FN6O3. The Kier molecular flexibility index (Phi) is 9.76. The summed E-state index contributed by atoms with van der Waals surface area (Å²) >= 11 is 0. The van der Waals surface area contributed by atoms with E-state index in [1.807, 2.05) is 45.0 Å². The van der Waals surface area contributed by atoms with Gasteiger partial charge in [-0.3, -0.25) is 14.5 Å². The molecule has 216 valence electrons. The summed E-state index contributed by atoms with van der Waals surface area (Å²) in [6.07, 6.45) is 2.37. The van der Waals surface area contributed by atoms with Crippen LogP contribution in [0.3, 0.4) is 0 Å². The highest BCUT2D eigenvalue weighted by Gasteiger charge is 2.24. The lowest BCUT2D eigenvalue weighted by atomic mass is 10.1. The van der Waals surface area contributed by atoms with Gasteiger partial charge in [0, 0.05) is 62.5 Å². The van der Waals surface area contributed by atoms with Crippen molar-refractivity contribution in [1.82, 2.24) is 25.3 Å². The maximum atomic E-state index is 14.7. The summed E-state index contributed by atoms with van der Waals surface area (Å²) < 4.78 is 14.7. The maximum absolute atomic E-state index is 14.7. The number of hydrogen-bond acceptors (Lipinski definition) is 5. The topological polar surface area (TPSA) is 97.0 Å². The van der Waals surface area contributed by atoms with Crippen LogP contribution in [0.2, 0.25) is 0 Å². The molecule has 2 heterocycles. The van der Waals surface area contributed by atoms with Crippen LogP contribution in [0.25, 0.3) is 0 Å². The third-order valence-corrected chi connectivity index (χ3v) is 7.12. The number of benzene rings is 2. The van der Waals surface area contributed by atoms with E-state index in [2.05, 4.69) is 25.8 Å². The highest BCUT2D eigenvalue weighted by molar-refractivity contribution is 5.96. The molecule has 2 fully saturated rings. The van der Waals surface area contributed by atoms with Gasteiger partial charge in [-0.2, -0.15) is 0 Å². The number of anilines is 1. The first-order valence-electron chi connectivity index (χ1n) is 14.1. The molecule has 2 aromatic carbocycles. The van der Waals surface area contributed by atoms with Crippen molar-refractivity contribution in [2.45, 2.75) is 45.7 Å². The summed E-state index contributed by atoms with van der Waals surface area (Å²) in [4.78, 5) is 44.0. The van der Waals surface area contributed by atoms with E-state index in [0.717, 1.165) is 25.2 Å². The molecule has 4 amide bonds. The normalized spacial score (nSPS) is 16.6. The third-order valence-electron chi connectivity index (χ3n) is 7.12. The number of amides is 4. The summed E-state index contributed by atoms with van der Waals surface area (Å²) in [5.41, 5.74) is 1.64. The van der Waals surface area contributed by atoms with Gasteiger partial charge >= 0.3 is 6.03 Å². The fourth-order valence-electron chi connectivity index (χ4n) is 5.02. The molecule has 0 bridgehead atoms. The first kappa shape index (κ1) is 29.5. The maximum Gasteiger partial charge on any atom is 0.319 e. The molecule has 0 atom stereocenters. The van der Waals surface area contributed by atoms with Gasteiger partial charge in [-0.1, -0.05) is 12.1 Å². The molecule has 0 aliphatic carbocycles. The second-order valence-electron chi connectivity index (χ2n) is 11.6. The van der Waals surface area contributed by atoms with Gasteiger partial charge in [-0.25, -0.2) is 9.18 Å². The molecule has 10 heteroatoms. The lowest BCUT2D eigenvalue weighted by Crippen LogP contribution is -2.48. The highest BCUT2D eigenvalue weighted by Crippen LogP contribution is 2.19. The van der Waals surface area contributed by atoms with E-state index in [0.29, 0.717) is 44.8 Å². The Bertz CT molecular complexity index is 1200. The van der Waals surface area contributed by atoms with Gasteiger partial charge in [0.15, 0.2) is 0 Å². The molecule has 0 aromatic heterocycles. The number of nitrogens with one attached hydrogen (secondary N) is 3. The van der Waals surface area contributed by atoms with Crippen molar-refractivity contribution in [3.8, 4) is 0 Å². The second-order valence-corrected chi connectivity index (χ2v) is 11.6. The quantitative estimate of drug-likeness (QED) is 0.466. The van der Waals surface area contributed by atoms with E-state index >= 15 is 0 Å². The fraction of sp³-hybridized carbons (Fsp3) is 0.500. The van der Waals surface area contributed by atoms with Gasteiger partial charge in [0.25, 0.3) is 11.8 Å². The molecule has 0 unspecified atom stereocenters. The van der Waals surface area contributed by atoms with Crippen LogP contribution in [-0.2, 0) is 6.54 Å². The number of carbonyl (C=O) groups excluding carboxylic acids is 3. The van der Waals surface area contributed by atoms with Crippen molar-refractivity contribution in [1.29, 1.82) is 0 Å². The summed E-state index contributed by atoms with van der Waals surface area (Å²) in [6, 6.07) is 11.3. The molecule has 2 aliphatic rings. The van der Waals surface area contributed by atoms with Crippen molar-refractivity contribution in [2.75, 3.05) is 57.7 Å². The van der Waals surface area contributed by atoms with Crippen LogP contribution in [0.5, 0.6) is 0 Å². The van der Waals surface area contributed by atoms with E-state index < -0.39 is 11.8 Å². The standard InChI is InChI=1S/C30H41FN6O3/c1-30(2,3)34-27(38)23-8-6-7-22(19-23)21-36-15-17-37(18-16-36)28(39)24-9-10-26(25(31)20-24)33-29(40)32-11-14-35-12-4-5-13-35/h6-10,19-20H,4-5,11-18,21H2,1-3H3,(H,34,38)(H2,32,33,40). The molecule has 9 nitrogen and oxygen atoms in total. The summed E-state index contributed by atoms with van der Waals surface area (Å²) in [7, 11) is 0. The Morgan fingerprint density at radius 3 is 2.27 bits per heavy atom. The van der Waals surface area contributed by atoms with Crippen molar-refractivity contribution >= 4 is 23.5 Å². The van der Waals surface area contributed by atoms with Crippen LogP contribution in [-0.4, -0.2) is 90.4 Å². The largest absolute Gasteiger partial charge is 0.347 e. The average Bonchev–Trinajstić information content (AvgIpc) is 3.43. The highest BCUT2D eigenvalue weighted by atomic mass is 19.1. The van der Waals surface area contributed by atoms with Crippen LogP contribution in [0, 0.1) is 5.82 Å². The zero-order valence-corrected chi connectivity index (χ0v) is 23.8. The minimum atomic E-state index is -0.644. The minimum absolute atomic E-state index is 0.0402. The van der Waals surface area contributed by atoms with E-state index in [-0.39, 0.29) is 28.6 Å². The number of rotatable bonds is 8. The molecule has 0 saturated carbocycles. The SMILES string of the molecule is CC(C)(C)NC(=O)c1cccc(CN2CCN(C(=O)c3ccc(NC(=O)NCCN4CCCC4)c(F)c3)CC2)c1. The van der Waals surface area contributed by atoms with E-state index in [4.69, 9.17) is 0 Å². The Balaban J connectivity index is 1.24. The van der Waals surface area contributed by atoms with Gasteiger partial charge in [-0.05, 0) is 82.6 Å². The van der Waals surface area contributed by atoms with Crippen LogP contribution in [0.15, 0.2) is 42.5 Å². The van der Waals surface area contributed by atoms with Gasteiger partial charge in [0.2, 0.25) is 0 Å². The predicted molar refractivity (Wildman–Crippen MR) is 154 cm³/mol. The lowest BCUT2D eigenvalue weighted by Gasteiger charge is -2.35. The summed E-state index contributed by atoms with van der Waals surface area (Å²) in [6.45, 7) is 12.3. The molecule has 2 aromatic rings. The van der Waals surface area contributed by atoms with Crippen LogP contribution in [0.1, 0.15) is 59.9 Å². The number of piperazine rings is 1. The van der Waals surface area contributed by atoms with Crippen molar-refractivity contribution in [3.63, 3.8) is 0 Å². The smallest absolute Gasteiger partial charge is 0.319 e. The first-order chi connectivity index (χ1) is 19.1. The van der Waals surface area contributed by atoms with Crippen molar-refractivity contribution < 1.29 is 18.8 Å². The van der Waals surface area contributed by atoms with Crippen LogP contribution >= 0.6 is 0 Å². The molecule has 0 spiro atoms. The lowest BCUT2D eigenvalue weighted by molar-refractivity contribution is 0.0627. The summed E-state index contributed by atoms with van der Waals surface area (Å²) in [5, 5.41) is 8.27.